The number of hydrogen-bond donors (Lipinski definition) is 1. The first kappa shape index (κ1) is 15.0. The average Bonchev–Trinajstić information content (AvgIpc) is 2.15. The third kappa shape index (κ3) is 4.27. The molecule has 0 radical (unpaired) electrons. The van der Waals surface area contributed by atoms with E-state index in [1.54, 1.807) is 22.6 Å². The van der Waals surface area contributed by atoms with Crippen molar-refractivity contribution in [1.29, 1.82) is 0 Å². The van der Waals surface area contributed by atoms with Crippen LogP contribution in [0.2, 0.25) is 0 Å². The second-order valence-electron chi connectivity index (χ2n) is 3.09. The highest BCUT2D eigenvalue weighted by Crippen LogP contribution is 2.25. The third-order valence-corrected chi connectivity index (χ3v) is 5.79. The van der Waals surface area contributed by atoms with Crippen LogP contribution in [0.1, 0.15) is 6.92 Å². The number of halogens is 2. The van der Waals surface area contributed by atoms with Crippen LogP contribution >= 0.6 is 33.3 Å². The van der Waals surface area contributed by atoms with Gasteiger partial charge in [0.05, 0.1) is 10.6 Å². The Morgan fingerprint density at radius 2 is 1.88 bits per heavy atom. The Kier molecular flexibility index (Phi) is 4.67. The minimum absolute atomic E-state index is 0.0424. The highest BCUT2D eigenvalue weighted by molar-refractivity contribution is 14.1. The summed E-state index contributed by atoms with van der Waals surface area (Å²) in [4.78, 5) is -0.0424. The Hall–Kier alpha value is -0.0600. The van der Waals surface area contributed by atoms with Crippen LogP contribution in [0.25, 0.3) is 0 Å². The molecule has 0 fully saturated rings. The topological polar surface area (TPSA) is 80.3 Å². The largest absolute Gasteiger partial charge is 0.284 e. The van der Waals surface area contributed by atoms with Gasteiger partial charge in [-0.05, 0) is 47.7 Å². The summed E-state index contributed by atoms with van der Waals surface area (Å²) in [5, 5.41) is 0. The van der Waals surface area contributed by atoms with Crippen molar-refractivity contribution in [2.24, 2.45) is 0 Å². The van der Waals surface area contributed by atoms with Crippen molar-refractivity contribution in [3.63, 3.8) is 0 Å². The Morgan fingerprint density at radius 3 is 2.29 bits per heavy atom. The first-order valence-corrected chi connectivity index (χ1v) is 9.44. The van der Waals surface area contributed by atoms with E-state index >= 15 is 0 Å². The molecule has 1 aromatic rings. The van der Waals surface area contributed by atoms with E-state index in [1.165, 1.54) is 25.1 Å². The van der Waals surface area contributed by atoms with Gasteiger partial charge < -0.3 is 0 Å². The number of nitrogens with one attached hydrogen (secondary N) is 1. The lowest BCUT2D eigenvalue weighted by Crippen LogP contribution is -2.14. The van der Waals surface area contributed by atoms with Gasteiger partial charge in [0.15, 0.2) is 0 Å². The highest BCUT2D eigenvalue weighted by Gasteiger charge is 2.15. The molecule has 0 atom stereocenters. The Balaban J connectivity index is 3.15. The standard InChI is InChI=1S/C8H9ClINO4S2/c1-2-16(12,13)11-6-3-4-8(7(10)5-6)17(9,14)15/h3-5,11H,2H2,1H3. The molecule has 96 valence electrons. The molecule has 0 unspecified atom stereocenters. The van der Waals surface area contributed by atoms with Gasteiger partial charge in [-0.15, -0.1) is 0 Å². The van der Waals surface area contributed by atoms with Crippen molar-refractivity contribution in [3.8, 4) is 0 Å². The fraction of sp³-hybridized carbons (Fsp3) is 0.250. The zero-order valence-corrected chi connectivity index (χ0v) is 13.2. The molecule has 0 saturated carbocycles. The lowest BCUT2D eigenvalue weighted by molar-refractivity contribution is 0.602. The van der Waals surface area contributed by atoms with E-state index in [9.17, 15) is 16.8 Å². The smallest absolute Gasteiger partial charge is 0.262 e. The van der Waals surface area contributed by atoms with Crippen LogP contribution in [0.15, 0.2) is 23.1 Å². The van der Waals surface area contributed by atoms with E-state index in [-0.39, 0.29) is 10.6 Å². The summed E-state index contributed by atoms with van der Waals surface area (Å²) in [5.74, 6) is -0.0564. The molecule has 0 spiro atoms. The van der Waals surface area contributed by atoms with Crippen LogP contribution in [-0.4, -0.2) is 22.6 Å². The van der Waals surface area contributed by atoms with Crippen molar-refractivity contribution >= 4 is 58.0 Å². The second-order valence-corrected chi connectivity index (χ2v) is 8.80. The monoisotopic (exact) mass is 409 g/mol. The predicted octanol–water partition coefficient (Wildman–Crippen LogP) is 1.98. The Labute approximate surface area is 118 Å². The summed E-state index contributed by atoms with van der Waals surface area (Å²) < 4.78 is 47.5. The fourth-order valence-corrected chi connectivity index (χ4v) is 4.35. The minimum atomic E-state index is -3.81. The molecule has 0 aliphatic heterocycles. The number of hydrogen-bond acceptors (Lipinski definition) is 4. The molecule has 0 aliphatic carbocycles. The first-order valence-electron chi connectivity index (χ1n) is 4.40. The van der Waals surface area contributed by atoms with E-state index in [2.05, 4.69) is 4.72 Å². The van der Waals surface area contributed by atoms with E-state index in [0.29, 0.717) is 9.26 Å². The molecule has 0 aliphatic rings. The van der Waals surface area contributed by atoms with Gasteiger partial charge in [0.1, 0.15) is 0 Å². The Bertz CT molecular complexity index is 627. The summed E-state index contributed by atoms with van der Waals surface area (Å²) in [6, 6.07) is 4.02. The molecule has 0 heterocycles. The summed E-state index contributed by atoms with van der Waals surface area (Å²) in [5.41, 5.74) is 0.306. The summed E-state index contributed by atoms with van der Waals surface area (Å²) >= 11 is 1.78. The van der Waals surface area contributed by atoms with Gasteiger partial charge in [-0.25, -0.2) is 16.8 Å². The molecule has 1 aromatic carbocycles. The lowest BCUT2D eigenvalue weighted by Gasteiger charge is -2.07. The molecule has 1 N–H and O–H groups in total. The summed E-state index contributed by atoms with van der Waals surface area (Å²) in [6.07, 6.45) is 0. The van der Waals surface area contributed by atoms with Gasteiger partial charge >= 0.3 is 0 Å². The number of rotatable bonds is 4. The quantitative estimate of drug-likeness (QED) is 0.609. The van der Waals surface area contributed by atoms with Crippen LogP contribution in [0, 0.1) is 3.57 Å². The van der Waals surface area contributed by atoms with Gasteiger partial charge in [0, 0.05) is 19.9 Å². The van der Waals surface area contributed by atoms with E-state index in [0.717, 1.165) is 0 Å². The average molecular weight is 410 g/mol. The van der Waals surface area contributed by atoms with E-state index < -0.39 is 19.1 Å². The normalized spacial score (nSPS) is 12.4. The van der Waals surface area contributed by atoms with E-state index in [1.807, 2.05) is 0 Å². The maximum Gasteiger partial charge on any atom is 0.262 e. The van der Waals surface area contributed by atoms with E-state index in [4.69, 9.17) is 10.7 Å². The lowest BCUT2D eigenvalue weighted by atomic mass is 10.3. The minimum Gasteiger partial charge on any atom is -0.284 e. The number of sulfonamides is 1. The molecule has 0 bridgehead atoms. The maximum atomic E-state index is 11.3. The van der Waals surface area contributed by atoms with Crippen molar-refractivity contribution in [2.45, 2.75) is 11.8 Å². The zero-order chi connectivity index (χ0) is 13.3. The molecule has 0 saturated heterocycles. The Morgan fingerprint density at radius 1 is 1.29 bits per heavy atom. The third-order valence-electron chi connectivity index (χ3n) is 1.85. The molecule has 0 aromatic heterocycles. The van der Waals surface area contributed by atoms with Crippen LogP contribution < -0.4 is 4.72 Å². The molecule has 5 nitrogen and oxygen atoms in total. The first-order chi connectivity index (χ1) is 7.65. The van der Waals surface area contributed by atoms with Crippen LogP contribution in [-0.2, 0) is 19.1 Å². The van der Waals surface area contributed by atoms with Gasteiger partial charge in [0.2, 0.25) is 10.0 Å². The highest BCUT2D eigenvalue weighted by atomic mass is 127. The van der Waals surface area contributed by atoms with Crippen LogP contribution in [0.3, 0.4) is 0 Å². The fourth-order valence-electron chi connectivity index (χ4n) is 1.01. The number of anilines is 1. The zero-order valence-electron chi connectivity index (χ0n) is 8.64. The molecule has 17 heavy (non-hydrogen) atoms. The van der Waals surface area contributed by atoms with Gasteiger partial charge in [-0.3, -0.25) is 4.72 Å². The van der Waals surface area contributed by atoms with Crippen molar-refractivity contribution in [3.05, 3.63) is 21.8 Å². The van der Waals surface area contributed by atoms with Crippen LogP contribution in [0.5, 0.6) is 0 Å². The summed E-state index contributed by atoms with van der Waals surface area (Å²) in [7, 11) is -1.98. The van der Waals surface area contributed by atoms with Gasteiger partial charge in [-0.2, -0.15) is 0 Å². The SMILES string of the molecule is CCS(=O)(=O)Nc1ccc(S(=O)(=O)Cl)c(I)c1. The van der Waals surface area contributed by atoms with Crippen molar-refractivity contribution in [1.82, 2.24) is 0 Å². The van der Waals surface area contributed by atoms with Gasteiger partial charge in [-0.1, -0.05) is 0 Å². The number of benzene rings is 1. The predicted molar refractivity (Wildman–Crippen MR) is 75.3 cm³/mol. The molecular weight excluding hydrogens is 401 g/mol. The van der Waals surface area contributed by atoms with Crippen molar-refractivity contribution in [2.75, 3.05) is 10.5 Å². The molecule has 0 amide bonds. The maximum absolute atomic E-state index is 11.3. The second kappa shape index (κ2) is 5.29. The van der Waals surface area contributed by atoms with Gasteiger partial charge in [0.25, 0.3) is 9.05 Å². The molecule has 1 rings (SSSR count). The van der Waals surface area contributed by atoms with Crippen molar-refractivity contribution < 1.29 is 16.8 Å². The summed E-state index contributed by atoms with van der Waals surface area (Å²) in [6.45, 7) is 1.50. The molecule has 9 heteroatoms. The van der Waals surface area contributed by atoms with Crippen LogP contribution in [0.4, 0.5) is 5.69 Å². The molecular formula is C8H9ClINO4S2.